The lowest BCUT2D eigenvalue weighted by Crippen LogP contribution is -2.51. The molecule has 178 valence electrons. The molecule has 3 aromatic rings. The Labute approximate surface area is 197 Å². The van der Waals surface area contributed by atoms with Crippen LogP contribution in [0.25, 0.3) is 5.52 Å². The summed E-state index contributed by atoms with van der Waals surface area (Å²) < 4.78 is 31.8. The molecular weight excluding hydrogens is 438 g/mol. The van der Waals surface area contributed by atoms with Crippen molar-refractivity contribution in [3.8, 4) is 11.8 Å². The lowest BCUT2D eigenvalue weighted by Gasteiger charge is -2.35. The molecule has 2 fully saturated rings. The molecule has 0 bridgehead atoms. The van der Waals surface area contributed by atoms with E-state index in [4.69, 9.17) is 29.4 Å². The summed E-state index contributed by atoms with van der Waals surface area (Å²) in [6.45, 7) is 6.06. The largest absolute Gasteiger partial charge is 0.497 e. The third-order valence-electron chi connectivity index (χ3n) is 6.49. The predicted molar refractivity (Wildman–Crippen MR) is 121 cm³/mol. The van der Waals surface area contributed by atoms with Gasteiger partial charge in [-0.2, -0.15) is 10.4 Å². The van der Waals surface area contributed by atoms with Gasteiger partial charge < -0.3 is 29.4 Å². The average Bonchev–Trinajstić information content (AvgIpc) is 3.42. The standard InChI is InChI=1S/C24H27N5O5/c1-22(2)33-20-18(12-31-11-15-5-7-16(30-4)8-6-15)32-24(13-25,23(20,3)34-22)19-10-9-17-21(26)27-14-28-29(17)19/h5-10,14,18,20H,11-12H2,1-4H3,(H2,26,27,28)/t18-,20-,23-,24+/m1/s1. The fraction of sp³-hybridized carbons (Fsp3) is 0.458. The summed E-state index contributed by atoms with van der Waals surface area (Å²) in [4.78, 5) is 4.04. The highest BCUT2D eigenvalue weighted by molar-refractivity contribution is 5.66. The molecule has 5 rings (SSSR count). The Morgan fingerprint density at radius 3 is 2.62 bits per heavy atom. The summed E-state index contributed by atoms with van der Waals surface area (Å²) in [5.41, 5.74) is 5.43. The first-order valence-corrected chi connectivity index (χ1v) is 11.0. The maximum atomic E-state index is 10.5. The quantitative estimate of drug-likeness (QED) is 0.584. The van der Waals surface area contributed by atoms with Crippen LogP contribution in [0.5, 0.6) is 5.75 Å². The van der Waals surface area contributed by atoms with Gasteiger partial charge in [-0.3, -0.25) is 0 Å². The lowest BCUT2D eigenvalue weighted by atomic mass is 9.80. The molecule has 0 saturated carbocycles. The predicted octanol–water partition coefficient (Wildman–Crippen LogP) is 2.56. The number of hydrogen-bond acceptors (Lipinski definition) is 9. The molecule has 2 N–H and O–H groups in total. The van der Waals surface area contributed by atoms with Crippen LogP contribution >= 0.6 is 0 Å². The zero-order valence-electron chi connectivity index (χ0n) is 19.5. The fourth-order valence-electron chi connectivity index (χ4n) is 4.98. The second-order valence-corrected chi connectivity index (χ2v) is 9.12. The summed E-state index contributed by atoms with van der Waals surface area (Å²) >= 11 is 0. The minimum atomic E-state index is -1.52. The van der Waals surface area contributed by atoms with Crippen molar-refractivity contribution >= 4 is 11.3 Å². The van der Waals surface area contributed by atoms with Gasteiger partial charge >= 0.3 is 0 Å². The average molecular weight is 466 g/mol. The Kier molecular flexibility index (Phi) is 5.26. The monoisotopic (exact) mass is 465 g/mol. The molecular formula is C24H27N5O5. The summed E-state index contributed by atoms with van der Waals surface area (Å²) in [6.07, 6.45) is 0.231. The van der Waals surface area contributed by atoms with E-state index in [0.29, 0.717) is 23.6 Å². The number of methoxy groups -OCH3 is 1. The Bertz CT molecular complexity index is 1250. The van der Waals surface area contributed by atoms with Crippen LogP contribution in [0, 0.1) is 11.3 Å². The van der Waals surface area contributed by atoms with Crippen LogP contribution in [0.2, 0.25) is 0 Å². The third kappa shape index (κ3) is 3.32. The summed E-state index contributed by atoms with van der Waals surface area (Å²) in [6, 6.07) is 13.5. The highest BCUT2D eigenvalue weighted by atomic mass is 16.8. The van der Waals surface area contributed by atoms with Crippen molar-refractivity contribution in [2.24, 2.45) is 0 Å². The van der Waals surface area contributed by atoms with Gasteiger partial charge in [0.1, 0.15) is 41.5 Å². The van der Waals surface area contributed by atoms with Gasteiger partial charge in [-0.15, -0.1) is 0 Å². The van der Waals surface area contributed by atoms with Crippen LogP contribution in [-0.2, 0) is 31.2 Å². The summed E-state index contributed by atoms with van der Waals surface area (Å²) in [7, 11) is 1.63. The van der Waals surface area contributed by atoms with Crippen molar-refractivity contribution in [2.45, 2.75) is 56.6 Å². The number of nitrogen functional groups attached to an aromatic ring is 1. The number of benzene rings is 1. The summed E-state index contributed by atoms with van der Waals surface area (Å²) in [5.74, 6) is 0.165. The van der Waals surface area contributed by atoms with Crippen LogP contribution in [0.4, 0.5) is 5.82 Å². The number of ether oxygens (including phenoxy) is 5. The van der Waals surface area contributed by atoms with Crippen LogP contribution < -0.4 is 10.5 Å². The molecule has 2 aliphatic heterocycles. The maximum Gasteiger partial charge on any atom is 0.228 e. The first-order valence-electron chi connectivity index (χ1n) is 11.0. The number of anilines is 1. The van der Waals surface area contributed by atoms with Crippen molar-refractivity contribution in [1.29, 1.82) is 5.26 Å². The molecule has 0 aliphatic carbocycles. The number of rotatable bonds is 6. The number of hydrogen-bond donors (Lipinski definition) is 1. The van der Waals surface area contributed by atoms with E-state index in [1.54, 1.807) is 23.8 Å². The van der Waals surface area contributed by atoms with E-state index < -0.39 is 29.2 Å². The molecule has 10 nitrogen and oxygen atoms in total. The topological polar surface area (TPSA) is 126 Å². The minimum absolute atomic E-state index is 0.204. The lowest BCUT2D eigenvalue weighted by molar-refractivity contribution is -0.225. The van der Waals surface area contributed by atoms with Crippen LogP contribution in [0.1, 0.15) is 32.0 Å². The first kappa shape index (κ1) is 22.6. The number of nitrogens with zero attached hydrogens (tertiary/aromatic N) is 4. The third-order valence-corrected chi connectivity index (χ3v) is 6.49. The van der Waals surface area contributed by atoms with Gasteiger partial charge in [-0.1, -0.05) is 12.1 Å². The highest BCUT2D eigenvalue weighted by Crippen LogP contribution is 2.56. The van der Waals surface area contributed by atoms with Crippen molar-refractivity contribution in [1.82, 2.24) is 14.6 Å². The zero-order chi connectivity index (χ0) is 24.1. The molecule has 2 aromatic heterocycles. The van der Waals surface area contributed by atoms with Crippen LogP contribution in [0.3, 0.4) is 0 Å². The van der Waals surface area contributed by atoms with E-state index in [-0.39, 0.29) is 6.61 Å². The first-order chi connectivity index (χ1) is 16.2. The molecule has 0 radical (unpaired) electrons. The minimum Gasteiger partial charge on any atom is -0.497 e. The Morgan fingerprint density at radius 2 is 1.91 bits per heavy atom. The van der Waals surface area contributed by atoms with Gasteiger partial charge in [0, 0.05) is 0 Å². The molecule has 4 atom stereocenters. The van der Waals surface area contributed by atoms with Crippen molar-refractivity contribution in [2.75, 3.05) is 19.5 Å². The van der Waals surface area contributed by atoms with E-state index in [9.17, 15) is 5.26 Å². The Balaban J connectivity index is 1.46. The normalized spacial score (nSPS) is 29.7. The molecule has 10 heteroatoms. The van der Waals surface area contributed by atoms with Gasteiger partial charge in [-0.05, 0) is 50.6 Å². The van der Waals surface area contributed by atoms with Crippen molar-refractivity contribution in [3.63, 3.8) is 0 Å². The van der Waals surface area contributed by atoms with Gasteiger partial charge in [0.15, 0.2) is 11.6 Å². The Morgan fingerprint density at radius 1 is 1.15 bits per heavy atom. The molecule has 2 saturated heterocycles. The highest BCUT2D eigenvalue weighted by Gasteiger charge is 2.73. The summed E-state index contributed by atoms with van der Waals surface area (Å²) in [5, 5.41) is 14.8. The molecule has 4 heterocycles. The maximum absolute atomic E-state index is 10.5. The molecule has 2 aliphatic rings. The molecule has 0 unspecified atom stereocenters. The van der Waals surface area contributed by atoms with Crippen LogP contribution in [-0.4, -0.2) is 51.9 Å². The molecule has 34 heavy (non-hydrogen) atoms. The second-order valence-electron chi connectivity index (χ2n) is 9.12. The van der Waals surface area contributed by atoms with Gasteiger partial charge in [0.2, 0.25) is 5.60 Å². The van der Waals surface area contributed by atoms with Crippen LogP contribution in [0.15, 0.2) is 42.7 Å². The van der Waals surface area contributed by atoms with Crippen molar-refractivity contribution < 1.29 is 23.7 Å². The Hall–Kier alpha value is -3.23. The number of nitrogens with two attached hydrogens (primary N) is 1. The van der Waals surface area contributed by atoms with E-state index >= 15 is 0 Å². The van der Waals surface area contributed by atoms with Gasteiger partial charge in [-0.25, -0.2) is 9.50 Å². The van der Waals surface area contributed by atoms with E-state index in [1.165, 1.54) is 6.33 Å². The molecule has 1 aromatic carbocycles. The van der Waals surface area contributed by atoms with E-state index in [0.717, 1.165) is 11.3 Å². The number of aromatic nitrogens is 3. The molecule has 0 amide bonds. The van der Waals surface area contributed by atoms with Gasteiger partial charge in [0.05, 0.1) is 26.0 Å². The fourth-order valence-corrected chi connectivity index (χ4v) is 4.98. The number of fused-ring (bicyclic) bond motifs is 2. The van der Waals surface area contributed by atoms with E-state index in [2.05, 4.69) is 16.2 Å². The number of nitriles is 1. The van der Waals surface area contributed by atoms with E-state index in [1.807, 2.05) is 45.0 Å². The van der Waals surface area contributed by atoms with Crippen molar-refractivity contribution in [3.05, 3.63) is 54.0 Å². The zero-order valence-corrected chi connectivity index (χ0v) is 19.5. The SMILES string of the molecule is COc1ccc(COC[C@H]2O[C@@](C#N)(c3ccc4c(N)ncnn34)[C@]3(C)OC(C)(C)O[C@H]23)cc1. The second kappa shape index (κ2) is 7.92. The smallest absolute Gasteiger partial charge is 0.228 e. The van der Waals surface area contributed by atoms with Gasteiger partial charge in [0.25, 0.3) is 0 Å². The molecule has 0 spiro atoms.